The molecule has 2 rings (SSSR count). The highest BCUT2D eigenvalue weighted by atomic mass is 32.1. The van der Waals surface area contributed by atoms with Gasteiger partial charge < -0.3 is 5.73 Å². The van der Waals surface area contributed by atoms with Gasteiger partial charge in [-0.1, -0.05) is 49.1 Å². The van der Waals surface area contributed by atoms with Gasteiger partial charge in [-0.2, -0.15) is 0 Å². The maximum Gasteiger partial charge on any atom is 0.142 e. The van der Waals surface area contributed by atoms with Gasteiger partial charge in [-0.05, 0) is 18.6 Å². The molecule has 0 aliphatic carbocycles. The molecule has 0 fully saturated rings. The smallest absolute Gasteiger partial charge is 0.142 e. The van der Waals surface area contributed by atoms with Crippen molar-refractivity contribution in [1.29, 1.82) is 5.41 Å². The van der Waals surface area contributed by atoms with Gasteiger partial charge in [-0.25, -0.2) is 4.98 Å². The van der Waals surface area contributed by atoms with Crippen LogP contribution in [0.15, 0.2) is 60.5 Å². The average molecular weight is 295 g/mol. The molecule has 21 heavy (non-hydrogen) atoms. The Kier molecular flexibility index (Phi) is 4.85. The van der Waals surface area contributed by atoms with Crippen LogP contribution in [-0.4, -0.2) is 10.7 Å². The van der Waals surface area contributed by atoms with Crippen LogP contribution >= 0.6 is 11.3 Å². The van der Waals surface area contributed by atoms with Crippen molar-refractivity contribution in [1.82, 2.24) is 4.98 Å². The van der Waals surface area contributed by atoms with Crippen LogP contribution in [0.4, 0.5) is 5.69 Å². The van der Waals surface area contributed by atoms with E-state index in [-0.39, 0.29) is 0 Å². The summed E-state index contributed by atoms with van der Waals surface area (Å²) in [6.07, 6.45) is 7.53. The van der Waals surface area contributed by atoms with Crippen molar-refractivity contribution in [2.75, 3.05) is 5.73 Å². The quantitative estimate of drug-likeness (QED) is 0.491. The Morgan fingerprint density at radius 3 is 2.81 bits per heavy atom. The number of benzene rings is 1. The van der Waals surface area contributed by atoms with E-state index in [1.54, 1.807) is 12.1 Å². The predicted octanol–water partition coefficient (Wildman–Crippen LogP) is 4.29. The number of nitrogens with two attached hydrogens (primary N) is 1. The van der Waals surface area contributed by atoms with Gasteiger partial charge in [0.2, 0.25) is 0 Å². The minimum absolute atomic E-state index is 0.354. The fourth-order valence-corrected chi connectivity index (χ4v) is 2.65. The highest BCUT2D eigenvalue weighted by Crippen LogP contribution is 2.23. The molecule has 0 radical (unpaired) electrons. The molecule has 0 amide bonds. The number of anilines is 1. The molecule has 1 aromatic heterocycles. The SMILES string of the molecule is C=C/C=C\C(=C/C)c1csc(C(=N)c2ccccc2N)n1. The van der Waals surface area contributed by atoms with Gasteiger partial charge in [0, 0.05) is 16.6 Å². The molecule has 0 bridgehead atoms. The van der Waals surface area contributed by atoms with Crippen molar-refractivity contribution >= 4 is 28.3 Å². The summed E-state index contributed by atoms with van der Waals surface area (Å²) < 4.78 is 0. The van der Waals surface area contributed by atoms with Crippen molar-refractivity contribution in [3.63, 3.8) is 0 Å². The second kappa shape index (κ2) is 6.81. The molecule has 3 nitrogen and oxygen atoms in total. The standard InChI is InChI=1S/C17H17N3S/c1-3-5-8-12(4-2)15-11-21-17(20-15)16(19)13-9-6-7-10-14(13)18/h3-11,19H,1,18H2,2H3/b8-5-,12-4+,19-16?. The van der Waals surface area contributed by atoms with E-state index in [1.165, 1.54) is 11.3 Å². The summed E-state index contributed by atoms with van der Waals surface area (Å²) in [6, 6.07) is 7.37. The first-order valence-electron chi connectivity index (χ1n) is 6.52. The number of nitrogen functional groups attached to an aromatic ring is 1. The average Bonchev–Trinajstić information content (AvgIpc) is 2.98. The Hall–Kier alpha value is -2.46. The van der Waals surface area contributed by atoms with Gasteiger partial charge in [0.05, 0.1) is 11.4 Å². The summed E-state index contributed by atoms with van der Waals surface area (Å²) in [4.78, 5) is 4.54. The van der Waals surface area contributed by atoms with E-state index in [1.807, 2.05) is 48.7 Å². The van der Waals surface area contributed by atoms with Crippen LogP contribution in [0.5, 0.6) is 0 Å². The summed E-state index contributed by atoms with van der Waals surface area (Å²) in [5.74, 6) is 0. The van der Waals surface area contributed by atoms with Crippen LogP contribution in [0.3, 0.4) is 0 Å². The van der Waals surface area contributed by atoms with Gasteiger partial charge in [-0.15, -0.1) is 11.3 Å². The highest BCUT2D eigenvalue weighted by Gasteiger charge is 2.13. The molecular weight excluding hydrogens is 278 g/mol. The number of para-hydroxylation sites is 1. The molecule has 2 aromatic rings. The van der Waals surface area contributed by atoms with Crippen molar-refractivity contribution in [2.24, 2.45) is 0 Å². The normalized spacial score (nSPS) is 11.8. The molecule has 0 atom stereocenters. The zero-order valence-corrected chi connectivity index (χ0v) is 12.7. The third-order valence-electron chi connectivity index (χ3n) is 2.97. The molecule has 106 valence electrons. The van der Waals surface area contributed by atoms with Gasteiger partial charge in [0.1, 0.15) is 5.01 Å². The first-order valence-corrected chi connectivity index (χ1v) is 7.40. The molecule has 3 N–H and O–H groups in total. The van der Waals surface area contributed by atoms with E-state index >= 15 is 0 Å². The van der Waals surface area contributed by atoms with E-state index < -0.39 is 0 Å². The van der Waals surface area contributed by atoms with Gasteiger partial charge in [0.25, 0.3) is 0 Å². The number of allylic oxidation sites excluding steroid dienone is 5. The van der Waals surface area contributed by atoms with Gasteiger partial charge in [0.15, 0.2) is 0 Å². The molecule has 1 aromatic carbocycles. The van der Waals surface area contributed by atoms with E-state index in [4.69, 9.17) is 11.1 Å². The van der Waals surface area contributed by atoms with E-state index in [2.05, 4.69) is 11.6 Å². The molecular formula is C17H17N3S. The monoisotopic (exact) mass is 295 g/mol. The number of thiazole rings is 1. The molecule has 0 unspecified atom stereocenters. The lowest BCUT2D eigenvalue weighted by Crippen LogP contribution is -2.04. The van der Waals surface area contributed by atoms with Crippen LogP contribution in [0.2, 0.25) is 0 Å². The molecule has 0 aliphatic heterocycles. The Morgan fingerprint density at radius 2 is 2.14 bits per heavy atom. The Labute approximate surface area is 128 Å². The number of aromatic nitrogens is 1. The van der Waals surface area contributed by atoms with E-state index in [0.717, 1.165) is 11.3 Å². The summed E-state index contributed by atoms with van der Waals surface area (Å²) in [6.45, 7) is 5.62. The lowest BCUT2D eigenvalue weighted by atomic mass is 10.1. The minimum atomic E-state index is 0.354. The maximum atomic E-state index is 8.28. The van der Waals surface area contributed by atoms with Gasteiger partial charge in [-0.3, -0.25) is 5.41 Å². The Bertz CT molecular complexity index is 723. The van der Waals surface area contributed by atoms with Gasteiger partial charge >= 0.3 is 0 Å². The molecule has 1 heterocycles. The second-order valence-electron chi connectivity index (χ2n) is 4.34. The largest absolute Gasteiger partial charge is 0.398 e. The number of nitrogens with one attached hydrogen (secondary N) is 1. The Morgan fingerprint density at radius 1 is 1.38 bits per heavy atom. The first kappa shape index (κ1) is 14.9. The Balaban J connectivity index is 2.32. The zero-order valence-electron chi connectivity index (χ0n) is 11.8. The molecule has 0 saturated carbocycles. The van der Waals surface area contributed by atoms with E-state index in [9.17, 15) is 0 Å². The van der Waals surface area contributed by atoms with Crippen LogP contribution in [-0.2, 0) is 0 Å². The summed E-state index contributed by atoms with van der Waals surface area (Å²) >= 11 is 1.45. The van der Waals surface area contributed by atoms with Crippen LogP contribution in [0.25, 0.3) is 5.57 Å². The second-order valence-corrected chi connectivity index (χ2v) is 5.20. The van der Waals surface area contributed by atoms with Crippen molar-refractivity contribution < 1.29 is 0 Å². The van der Waals surface area contributed by atoms with Crippen molar-refractivity contribution in [3.8, 4) is 0 Å². The molecule has 4 heteroatoms. The lowest BCUT2D eigenvalue weighted by Gasteiger charge is -2.04. The maximum absolute atomic E-state index is 8.28. The van der Waals surface area contributed by atoms with E-state index in [0.29, 0.717) is 22.0 Å². The summed E-state index contributed by atoms with van der Waals surface area (Å²) in [5, 5.41) is 10.9. The third kappa shape index (κ3) is 3.35. The number of nitrogens with zero attached hydrogens (tertiary/aromatic N) is 1. The highest BCUT2D eigenvalue weighted by molar-refractivity contribution is 7.12. The minimum Gasteiger partial charge on any atom is -0.398 e. The number of rotatable bonds is 5. The van der Waals surface area contributed by atoms with Crippen LogP contribution < -0.4 is 5.73 Å². The zero-order chi connectivity index (χ0) is 15.2. The van der Waals surface area contributed by atoms with Crippen LogP contribution in [0.1, 0.15) is 23.2 Å². The first-order chi connectivity index (χ1) is 10.2. The summed E-state index contributed by atoms with van der Waals surface area (Å²) in [5.41, 5.74) is 9.44. The third-order valence-corrected chi connectivity index (χ3v) is 3.83. The molecule has 0 aliphatic rings. The predicted molar refractivity (Wildman–Crippen MR) is 91.9 cm³/mol. The topological polar surface area (TPSA) is 62.8 Å². The fraction of sp³-hybridized carbons (Fsp3) is 0.0588. The fourth-order valence-electron chi connectivity index (χ4n) is 1.86. The van der Waals surface area contributed by atoms with Crippen LogP contribution in [0, 0.1) is 5.41 Å². The lowest BCUT2D eigenvalue weighted by molar-refractivity contribution is 1.31. The summed E-state index contributed by atoms with van der Waals surface area (Å²) in [7, 11) is 0. The van der Waals surface area contributed by atoms with Crippen molar-refractivity contribution in [2.45, 2.75) is 6.92 Å². The number of hydrogen-bond acceptors (Lipinski definition) is 4. The van der Waals surface area contributed by atoms with Crippen molar-refractivity contribution in [3.05, 3.63) is 76.8 Å². The number of hydrogen-bond donors (Lipinski definition) is 2. The molecule has 0 spiro atoms. The molecule has 0 saturated heterocycles.